The van der Waals surface area contributed by atoms with Gasteiger partial charge in [0.1, 0.15) is 5.75 Å². The lowest BCUT2D eigenvalue weighted by molar-refractivity contribution is 0.147. The molecule has 2 nitrogen and oxygen atoms in total. The Kier molecular flexibility index (Phi) is 3.03. The number of aryl methyl sites for hydroxylation is 1. The maximum absolute atomic E-state index is 10.4. The fraction of sp³-hybridized carbons (Fsp3) is 0.600. The molecular weight excluding hydrogens is 248 g/mol. The summed E-state index contributed by atoms with van der Waals surface area (Å²) in [5.41, 5.74) is 2.76. The first-order valence-electron chi connectivity index (χ1n) is 6.77. The van der Waals surface area contributed by atoms with Gasteiger partial charge in [0.2, 0.25) is 0 Å². The van der Waals surface area contributed by atoms with Gasteiger partial charge in [-0.1, -0.05) is 18.0 Å². The molecule has 98 valence electrons. The Hall–Kier alpha value is -0.730. The number of methoxy groups -OCH3 is 1. The minimum absolute atomic E-state index is 0.684. The van der Waals surface area contributed by atoms with Crippen molar-refractivity contribution < 1.29 is 9.84 Å². The van der Waals surface area contributed by atoms with Gasteiger partial charge in [-0.05, 0) is 55.7 Å². The maximum Gasteiger partial charge on any atom is 0.143 e. The molecule has 1 aromatic carbocycles. The van der Waals surface area contributed by atoms with Crippen LogP contribution in [0.4, 0.5) is 0 Å². The number of fused-ring (bicyclic) bond motifs is 1. The minimum atomic E-state index is -0.684. The van der Waals surface area contributed by atoms with Crippen molar-refractivity contribution in [2.45, 2.75) is 50.5 Å². The smallest absolute Gasteiger partial charge is 0.143 e. The zero-order chi connectivity index (χ0) is 12.8. The fourth-order valence-corrected chi connectivity index (χ4v) is 3.34. The largest absolute Gasteiger partial charge is 0.495 e. The molecule has 0 unspecified atom stereocenters. The molecule has 3 heteroatoms. The van der Waals surface area contributed by atoms with Gasteiger partial charge < -0.3 is 9.84 Å². The molecule has 18 heavy (non-hydrogen) atoms. The first-order chi connectivity index (χ1) is 8.65. The van der Waals surface area contributed by atoms with Gasteiger partial charge in [0.15, 0.2) is 0 Å². The van der Waals surface area contributed by atoms with Gasteiger partial charge in [0.05, 0.1) is 17.7 Å². The molecule has 2 aliphatic carbocycles. The minimum Gasteiger partial charge on any atom is -0.495 e. The van der Waals surface area contributed by atoms with Crippen LogP contribution >= 0.6 is 11.6 Å². The molecule has 1 fully saturated rings. The molecule has 0 saturated heterocycles. The van der Waals surface area contributed by atoms with Crippen LogP contribution in [0.5, 0.6) is 5.75 Å². The molecule has 0 bridgehead atoms. The lowest BCUT2D eigenvalue weighted by Crippen LogP contribution is -2.10. The van der Waals surface area contributed by atoms with E-state index in [1.807, 2.05) is 0 Å². The monoisotopic (exact) mass is 266 g/mol. The Balaban J connectivity index is 2.15. The van der Waals surface area contributed by atoms with Crippen LogP contribution in [0.3, 0.4) is 0 Å². The molecule has 1 aromatic rings. The fourth-order valence-electron chi connectivity index (χ4n) is 2.94. The molecule has 0 heterocycles. The predicted molar refractivity (Wildman–Crippen MR) is 72.4 cm³/mol. The summed E-state index contributed by atoms with van der Waals surface area (Å²) in [4.78, 5) is 0. The van der Waals surface area contributed by atoms with Crippen LogP contribution in [0, 0.1) is 0 Å². The molecule has 1 N–H and O–H groups in total. The number of rotatable bonds is 2. The van der Waals surface area contributed by atoms with Crippen molar-refractivity contribution in [3.63, 3.8) is 0 Å². The van der Waals surface area contributed by atoms with Gasteiger partial charge in [0, 0.05) is 5.56 Å². The Bertz CT molecular complexity index is 478. The van der Waals surface area contributed by atoms with Crippen LogP contribution in [0.15, 0.2) is 6.07 Å². The Labute approximate surface area is 113 Å². The molecule has 3 rings (SSSR count). The van der Waals surface area contributed by atoms with E-state index in [9.17, 15) is 5.11 Å². The normalized spacial score (nSPS) is 21.1. The average Bonchev–Trinajstić information content (AvgIpc) is 3.13. The lowest BCUT2D eigenvalue weighted by Gasteiger charge is -2.19. The zero-order valence-electron chi connectivity index (χ0n) is 10.8. The summed E-state index contributed by atoms with van der Waals surface area (Å²) < 4.78 is 5.46. The van der Waals surface area contributed by atoms with Gasteiger partial charge >= 0.3 is 0 Å². The molecule has 0 radical (unpaired) electrons. The summed E-state index contributed by atoms with van der Waals surface area (Å²) in [5.74, 6) is 0.692. The van der Waals surface area contributed by atoms with Gasteiger partial charge in [-0.25, -0.2) is 0 Å². The van der Waals surface area contributed by atoms with E-state index in [1.54, 1.807) is 7.11 Å². The van der Waals surface area contributed by atoms with Crippen LogP contribution in [0.1, 0.15) is 48.8 Å². The third-order valence-corrected chi connectivity index (χ3v) is 4.62. The molecule has 1 saturated carbocycles. The summed E-state index contributed by atoms with van der Waals surface area (Å²) in [7, 11) is 1.64. The second-order valence-electron chi connectivity index (χ2n) is 5.50. The van der Waals surface area contributed by atoms with Crippen molar-refractivity contribution in [3.05, 3.63) is 27.8 Å². The number of hydrogen-bond acceptors (Lipinski definition) is 2. The van der Waals surface area contributed by atoms with Crippen LogP contribution in [0.25, 0.3) is 0 Å². The third kappa shape index (κ3) is 1.92. The van der Waals surface area contributed by atoms with Crippen molar-refractivity contribution in [2.75, 3.05) is 7.11 Å². The standard InChI is InChI=1S/C15H19ClO2/c1-18-14-12(15(17)7-8-15)9-10-5-3-2-4-6-11(10)13(14)16/h9,17H,2-8H2,1H3. The van der Waals surface area contributed by atoms with Crippen LogP contribution < -0.4 is 4.74 Å². The Morgan fingerprint density at radius 2 is 1.94 bits per heavy atom. The van der Waals surface area contributed by atoms with E-state index < -0.39 is 5.60 Å². The van der Waals surface area contributed by atoms with Gasteiger partial charge in [-0.2, -0.15) is 0 Å². The second-order valence-corrected chi connectivity index (χ2v) is 5.88. The predicted octanol–water partition coefficient (Wildman–Crippen LogP) is 3.60. The van der Waals surface area contributed by atoms with Gasteiger partial charge in [-0.15, -0.1) is 0 Å². The number of ether oxygens (including phenoxy) is 1. The first kappa shape index (κ1) is 12.3. The van der Waals surface area contributed by atoms with Gasteiger partial charge in [0.25, 0.3) is 0 Å². The van der Waals surface area contributed by atoms with Crippen LogP contribution in [-0.4, -0.2) is 12.2 Å². The molecular formula is C15H19ClO2. The number of aliphatic hydroxyl groups is 1. The van der Waals surface area contributed by atoms with E-state index in [0.717, 1.165) is 36.3 Å². The first-order valence-corrected chi connectivity index (χ1v) is 7.14. The highest BCUT2D eigenvalue weighted by molar-refractivity contribution is 6.33. The second kappa shape index (κ2) is 4.43. The number of benzene rings is 1. The van der Waals surface area contributed by atoms with Crippen LogP contribution in [0.2, 0.25) is 5.02 Å². The van der Waals surface area contributed by atoms with Crippen molar-refractivity contribution >= 4 is 11.6 Å². The van der Waals surface area contributed by atoms with E-state index in [2.05, 4.69) is 6.07 Å². The van der Waals surface area contributed by atoms with Crippen molar-refractivity contribution in [2.24, 2.45) is 0 Å². The quantitative estimate of drug-likeness (QED) is 0.829. The maximum atomic E-state index is 10.4. The van der Waals surface area contributed by atoms with Crippen molar-refractivity contribution in [1.29, 1.82) is 0 Å². The summed E-state index contributed by atoms with van der Waals surface area (Å²) in [6, 6.07) is 2.14. The average molecular weight is 267 g/mol. The molecule has 0 atom stereocenters. The van der Waals surface area contributed by atoms with Gasteiger partial charge in [-0.3, -0.25) is 0 Å². The SMILES string of the molecule is COc1c(C2(O)CC2)cc2c(c1Cl)CCCCC2. The number of halogens is 1. The van der Waals surface area contributed by atoms with E-state index in [4.69, 9.17) is 16.3 Å². The topological polar surface area (TPSA) is 29.5 Å². The summed E-state index contributed by atoms with van der Waals surface area (Å²) >= 11 is 6.50. The highest BCUT2D eigenvalue weighted by atomic mass is 35.5. The molecule has 0 aromatic heterocycles. The summed E-state index contributed by atoms with van der Waals surface area (Å²) in [6.45, 7) is 0. The zero-order valence-corrected chi connectivity index (χ0v) is 11.5. The van der Waals surface area contributed by atoms with E-state index in [1.165, 1.54) is 30.4 Å². The van der Waals surface area contributed by atoms with E-state index >= 15 is 0 Å². The molecule has 0 amide bonds. The summed E-state index contributed by atoms with van der Waals surface area (Å²) in [6.07, 6.45) is 7.41. The molecule has 2 aliphatic rings. The molecule has 0 spiro atoms. The molecule has 0 aliphatic heterocycles. The Morgan fingerprint density at radius 3 is 2.61 bits per heavy atom. The van der Waals surface area contributed by atoms with Crippen molar-refractivity contribution in [1.82, 2.24) is 0 Å². The Morgan fingerprint density at radius 1 is 1.22 bits per heavy atom. The lowest BCUT2D eigenvalue weighted by atomic mass is 9.95. The highest BCUT2D eigenvalue weighted by Crippen LogP contribution is 2.52. The van der Waals surface area contributed by atoms with E-state index in [0.29, 0.717) is 5.75 Å². The van der Waals surface area contributed by atoms with Crippen molar-refractivity contribution in [3.8, 4) is 5.75 Å². The highest BCUT2D eigenvalue weighted by Gasteiger charge is 2.45. The van der Waals surface area contributed by atoms with E-state index in [-0.39, 0.29) is 0 Å². The number of hydrogen-bond donors (Lipinski definition) is 1. The summed E-state index contributed by atoms with van der Waals surface area (Å²) in [5, 5.41) is 11.1. The van der Waals surface area contributed by atoms with Crippen LogP contribution in [-0.2, 0) is 18.4 Å². The third-order valence-electron chi connectivity index (χ3n) is 4.22.